The molecule has 0 rings (SSSR count). The molecule has 0 aromatic carbocycles. The Bertz CT molecular complexity index is 311. The lowest BCUT2D eigenvalue weighted by Crippen LogP contribution is -2.57. The molecule has 0 aliphatic heterocycles. The summed E-state index contributed by atoms with van der Waals surface area (Å²) in [6.45, 7) is 8.63. The zero-order valence-corrected chi connectivity index (χ0v) is 12.0. The van der Waals surface area contributed by atoms with Crippen molar-refractivity contribution in [2.24, 2.45) is 11.1 Å². The molecule has 0 fully saturated rings. The largest absolute Gasteiger partial charge is 0.481 e. The van der Waals surface area contributed by atoms with Crippen molar-refractivity contribution in [2.75, 3.05) is 0 Å². The lowest BCUT2D eigenvalue weighted by molar-refractivity contribution is -0.151. The molecule has 0 spiro atoms. The van der Waals surface area contributed by atoms with Crippen LogP contribution in [0.15, 0.2) is 0 Å². The van der Waals surface area contributed by atoms with E-state index in [4.69, 9.17) is 5.73 Å². The van der Waals surface area contributed by atoms with E-state index >= 15 is 0 Å². The molecule has 5 nitrogen and oxygen atoms in total. The first kappa shape index (κ1) is 16.9. The third kappa shape index (κ3) is 4.29. The first-order chi connectivity index (χ1) is 8.04. The summed E-state index contributed by atoms with van der Waals surface area (Å²) in [5.74, 6) is -1.14. The van der Waals surface area contributed by atoms with Gasteiger partial charge in [0.05, 0.1) is 5.41 Å². The Labute approximate surface area is 109 Å². The predicted molar refractivity (Wildman–Crippen MR) is 71.1 cm³/mol. The third-order valence-corrected chi connectivity index (χ3v) is 3.66. The van der Waals surface area contributed by atoms with Gasteiger partial charge in [-0.2, -0.15) is 0 Å². The van der Waals surface area contributed by atoms with E-state index in [1.807, 2.05) is 6.92 Å². The second-order valence-electron chi connectivity index (χ2n) is 5.86. The minimum Gasteiger partial charge on any atom is -0.481 e. The number of carbonyl (C=O) groups excluding carboxylic acids is 1. The van der Waals surface area contributed by atoms with Gasteiger partial charge in [-0.05, 0) is 34.1 Å². The van der Waals surface area contributed by atoms with E-state index in [1.165, 1.54) is 0 Å². The standard InChI is InChI=1S/C13H26N2O3/c1-6-7-9(14)8-10(16)15-13(4,5)12(2,3)11(17)18/h9H,6-8,14H2,1-5H3,(H,15,16)(H,17,18). The maximum absolute atomic E-state index is 11.8. The smallest absolute Gasteiger partial charge is 0.311 e. The van der Waals surface area contributed by atoms with E-state index in [-0.39, 0.29) is 18.4 Å². The minimum absolute atomic E-state index is 0.168. The molecule has 0 radical (unpaired) electrons. The number of carboxylic acids is 1. The number of carbonyl (C=O) groups is 2. The van der Waals surface area contributed by atoms with E-state index in [9.17, 15) is 14.7 Å². The highest BCUT2D eigenvalue weighted by atomic mass is 16.4. The zero-order chi connectivity index (χ0) is 14.6. The molecule has 1 atom stereocenters. The summed E-state index contributed by atoms with van der Waals surface area (Å²) in [7, 11) is 0. The number of amides is 1. The SMILES string of the molecule is CCCC(N)CC(=O)NC(C)(C)C(C)(C)C(=O)O. The third-order valence-electron chi connectivity index (χ3n) is 3.66. The average Bonchev–Trinajstić information content (AvgIpc) is 2.15. The number of nitrogens with two attached hydrogens (primary N) is 1. The molecule has 0 aromatic rings. The highest BCUT2D eigenvalue weighted by Crippen LogP contribution is 2.30. The second kappa shape index (κ2) is 6.18. The summed E-state index contributed by atoms with van der Waals surface area (Å²) in [4.78, 5) is 23.0. The van der Waals surface area contributed by atoms with E-state index in [0.29, 0.717) is 0 Å². The lowest BCUT2D eigenvalue weighted by atomic mass is 9.74. The number of hydrogen-bond acceptors (Lipinski definition) is 3. The molecule has 0 aliphatic carbocycles. The van der Waals surface area contributed by atoms with Gasteiger partial charge in [0.2, 0.25) is 5.91 Å². The fourth-order valence-electron chi connectivity index (χ4n) is 1.53. The molecule has 106 valence electrons. The molecule has 0 aromatic heterocycles. The average molecular weight is 258 g/mol. The summed E-state index contributed by atoms with van der Waals surface area (Å²) >= 11 is 0. The molecular formula is C13H26N2O3. The van der Waals surface area contributed by atoms with Crippen LogP contribution in [0.25, 0.3) is 0 Å². The van der Waals surface area contributed by atoms with E-state index < -0.39 is 16.9 Å². The number of carboxylic acid groups (broad SMARTS) is 1. The second-order valence-corrected chi connectivity index (χ2v) is 5.86. The van der Waals surface area contributed by atoms with Crippen LogP contribution in [0.2, 0.25) is 0 Å². The summed E-state index contributed by atoms with van der Waals surface area (Å²) in [6.07, 6.45) is 1.95. The Morgan fingerprint density at radius 2 is 1.78 bits per heavy atom. The monoisotopic (exact) mass is 258 g/mol. The molecule has 1 unspecified atom stereocenters. The lowest BCUT2D eigenvalue weighted by Gasteiger charge is -2.39. The topological polar surface area (TPSA) is 92.4 Å². The van der Waals surface area contributed by atoms with Crippen molar-refractivity contribution >= 4 is 11.9 Å². The van der Waals surface area contributed by atoms with Gasteiger partial charge in [0.15, 0.2) is 0 Å². The minimum atomic E-state index is -1.04. The molecule has 0 heterocycles. The van der Waals surface area contributed by atoms with Gasteiger partial charge in [-0.3, -0.25) is 9.59 Å². The highest BCUT2D eigenvalue weighted by molar-refractivity contribution is 5.80. The Morgan fingerprint density at radius 1 is 1.28 bits per heavy atom. The quantitative estimate of drug-likeness (QED) is 0.645. The predicted octanol–water partition coefficient (Wildman–Crippen LogP) is 1.51. The Kier molecular flexibility index (Phi) is 5.80. The molecule has 0 aliphatic rings. The number of nitrogens with one attached hydrogen (secondary N) is 1. The van der Waals surface area contributed by atoms with E-state index in [1.54, 1.807) is 27.7 Å². The van der Waals surface area contributed by atoms with Crippen LogP contribution in [-0.4, -0.2) is 28.6 Å². The maximum atomic E-state index is 11.8. The molecule has 1 amide bonds. The Morgan fingerprint density at radius 3 is 2.17 bits per heavy atom. The van der Waals surface area contributed by atoms with Crippen LogP contribution in [0.1, 0.15) is 53.9 Å². The summed E-state index contributed by atoms with van der Waals surface area (Å²) in [5.41, 5.74) is 3.92. The van der Waals surface area contributed by atoms with Gasteiger partial charge in [-0.25, -0.2) is 0 Å². The van der Waals surface area contributed by atoms with Gasteiger partial charge >= 0.3 is 5.97 Å². The van der Waals surface area contributed by atoms with Gasteiger partial charge < -0.3 is 16.2 Å². The fourth-order valence-corrected chi connectivity index (χ4v) is 1.53. The van der Waals surface area contributed by atoms with Gasteiger partial charge in [0, 0.05) is 18.0 Å². The molecule has 0 saturated heterocycles. The van der Waals surface area contributed by atoms with Crippen molar-refractivity contribution in [1.82, 2.24) is 5.32 Å². The van der Waals surface area contributed by atoms with Gasteiger partial charge in [0.1, 0.15) is 0 Å². The zero-order valence-electron chi connectivity index (χ0n) is 12.0. The van der Waals surface area contributed by atoms with Crippen LogP contribution in [0, 0.1) is 5.41 Å². The first-order valence-corrected chi connectivity index (χ1v) is 6.34. The van der Waals surface area contributed by atoms with Gasteiger partial charge in [0.25, 0.3) is 0 Å². The van der Waals surface area contributed by atoms with Crippen molar-refractivity contribution in [3.05, 3.63) is 0 Å². The molecule has 4 N–H and O–H groups in total. The van der Waals surface area contributed by atoms with Crippen molar-refractivity contribution in [2.45, 2.75) is 65.5 Å². The number of hydrogen-bond donors (Lipinski definition) is 3. The number of aliphatic carboxylic acids is 1. The van der Waals surface area contributed by atoms with Crippen LogP contribution in [0.5, 0.6) is 0 Å². The molecule has 0 bridgehead atoms. The Balaban J connectivity index is 4.59. The van der Waals surface area contributed by atoms with E-state index in [0.717, 1.165) is 12.8 Å². The van der Waals surface area contributed by atoms with E-state index in [2.05, 4.69) is 5.32 Å². The van der Waals surface area contributed by atoms with Crippen LogP contribution in [-0.2, 0) is 9.59 Å². The van der Waals surface area contributed by atoms with Gasteiger partial charge in [-0.15, -0.1) is 0 Å². The summed E-state index contributed by atoms with van der Waals surface area (Å²) in [5, 5.41) is 11.9. The van der Waals surface area contributed by atoms with Crippen LogP contribution in [0.3, 0.4) is 0 Å². The van der Waals surface area contributed by atoms with Gasteiger partial charge in [-0.1, -0.05) is 13.3 Å². The normalized spacial score (nSPS) is 14.1. The highest BCUT2D eigenvalue weighted by Gasteiger charge is 2.44. The van der Waals surface area contributed by atoms with Crippen LogP contribution >= 0.6 is 0 Å². The summed E-state index contributed by atoms with van der Waals surface area (Å²) < 4.78 is 0. The molecule has 18 heavy (non-hydrogen) atoms. The molecule has 0 saturated carbocycles. The fraction of sp³-hybridized carbons (Fsp3) is 0.846. The molecular weight excluding hydrogens is 232 g/mol. The summed E-state index contributed by atoms with van der Waals surface area (Å²) in [6, 6.07) is -0.168. The van der Waals surface area contributed by atoms with Crippen LogP contribution < -0.4 is 11.1 Å². The number of rotatable bonds is 7. The molecule has 5 heteroatoms. The first-order valence-electron chi connectivity index (χ1n) is 6.34. The van der Waals surface area contributed by atoms with Crippen molar-refractivity contribution < 1.29 is 14.7 Å². The maximum Gasteiger partial charge on any atom is 0.311 e. The van der Waals surface area contributed by atoms with Crippen LogP contribution in [0.4, 0.5) is 0 Å². The Hall–Kier alpha value is -1.10. The van der Waals surface area contributed by atoms with Crippen molar-refractivity contribution in [3.8, 4) is 0 Å². The van der Waals surface area contributed by atoms with Crippen molar-refractivity contribution in [1.29, 1.82) is 0 Å². The van der Waals surface area contributed by atoms with Crippen molar-refractivity contribution in [3.63, 3.8) is 0 Å².